The van der Waals surface area contributed by atoms with E-state index >= 15 is 0 Å². The Bertz CT molecular complexity index is 79.3. The van der Waals surface area contributed by atoms with E-state index in [9.17, 15) is 4.79 Å². The number of aliphatic hydroxyl groups is 1. The molecular formula is C5H11NaO3. The van der Waals surface area contributed by atoms with Crippen LogP contribution in [-0.2, 0) is 4.79 Å². The van der Waals surface area contributed by atoms with Gasteiger partial charge in [-0.15, -0.1) is 0 Å². The van der Waals surface area contributed by atoms with E-state index in [0.717, 1.165) is 0 Å². The van der Waals surface area contributed by atoms with Gasteiger partial charge >= 0.3 is 35.5 Å². The Morgan fingerprint density at radius 3 is 2.33 bits per heavy atom. The van der Waals surface area contributed by atoms with Crippen LogP contribution < -0.4 is 29.6 Å². The Morgan fingerprint density at radius 1 is 1.44 bits per heavy atom. The van der Waals surface area contributed by atoms with Crippen molar-refractivity contribution in [2.24, 2.45) is 0 Å². The molecule has 0 spiro atoms. The number of hydrogen-bond donors (Lipinski definition) is 2. The average Bonchev–Trinajstić information content (AvgIpc) is 1.66. The smallest absolute Gasteiger partial charge is 1.00 e. The van der Waals surface area contributed by atoms with Gasteiger partial charge < -0.3 is 11.6 Å². The van der Waals surface area contributed by atoms with Crippen LogP contribution in [0, 0.1) is 0 Å². The molecule has 3 nitrogen and oxygen atoms in total. The summed E-state index contributed by atoms with van der Waals surface area (Å²) in [4.78, 5) is 9.79. The molecule has 0 aromatic rings. The Morgan fingerprint density at radius 2 is 2.00 bits per heavy atom. The summed E-state index contributed by atoms with van der Waals surface area (Å²) in [6.45, 7) is 0.0906. The standard InChI is InChI=1S/C5H10O3.Na.H/c6-4-2-1-3-5(7)8;;/h6H,1-4H2,(H,7,8);;/q;+1;-1. The third kappa shape index (κ3) is 11.8. The Balaban J connectivity index is -0.000000245. The third-order valence-electron chi connectivity index (χ3n) is 0.799. The zero-order valence-electron chi connectivity index (χ0n) is 6.63. The van der Waals surface area contributed by atoms with E-state index in [4.69, 9.17) is 10.2 Å². The molecule has 50 valence electrons. The molecule has 4 heteroatoms. The first-order valence-corrected chi connectivity index (χ1v) is 2.60. The summed E-state index contributed by atoms with van der Waals surface area (Å²) in [5.74, 6) is -0.793. The molecule has 2 N–H and O–H groups in total. The summed E-state index contributed by atoms with van der Waals surface area (Å²) < 4.78 is 0. The van der Waals surface area contributed by atoms with Crippen LogP contribution in [0.1, 0.15) is 20.7 Å². The molecule has 0 aromatic carbocycles. The Hall–Kier alpha value is 0.430. The number of carboxylic acids is 1. The largest absolute Gasteiger partial charge is 1.00 e. The van der Waals surface area contributed by atoms with Crippen LogP contribution in [0.25, 0.3) is 0 Å². The van der Waals surface area contributed by atoms with Crippen LogP contribution in [0.15, 0.2) is 0 Å². The fourth-order valence-electron chi connectivity index (χ4n) is 0.388. The van der Waals surface area contributed by atoms with Gasteiger partial charge in [-0.3, -0.25) is 4.79 Å². The van der Waals surface area contributed by atoms with E-state index in [0.29, 0.717) is 12.8 Å². The molecule has 0 radical (unpaired) electrons. The predicted octanol–water partition coefficient (Wildman–Crippen LogP) is -2.65. The van der Waals surface area contributed by atoms with Crippen molar-refractivity contribution >= 4 is 5.97 Å². The van der Waals surface area contributed by atoms with Crippen LogP contribution in [0.3, 0.4) is 0 Å². The zero-order valence-corrected chi connectivity index (χ0v) is 7.63. The minimum Gasteiger partial charge on any atom is -1.00 e. The molecule has 0 heterocycles. The number of carboxylic acid groups (broad SMARTS) is 1. The van der Waals surface area contributed by atoms with Crippen molar-refractivity contribution in [3.05, 3.63) is 0 Å². The number of aliphatic carboxylic acids is 1. The summed E-state index contributed by atoms with van der Waals surface area (Å²) in [5.41, 5.74) is 0. The van der Waals surface area contributed by atoms with E-state index in [1.165, 1.54) is 0 Å². The van der Waals surface area contributed by atoms with Crippen LogP contribution in [0.2, 0.25) is 0 Å². The number of unbranched alkanes of at least 4 members (excludes halogenated alkanes) is 1. The zero-order chi connectivity index (χ0) is 6.41. The van der Waals surface area contributed by atoms with Crippen molar-refractivity contribution in [3.63, 3.8) is 0 Å². The Labute approximate surface area is 77.8 Å². The Kier molecular flexibility index (Phi) is 11.4. The monoisotopic (exact) mass is 142 g/mol. The molecule has 0 aliphatic rings. The normalized spacial score (nSPS) is 8.11. The topological polar surface area (TPSA) is 57.5 Å². The minimum atomic E-state index is -0.793. The van der Waals surface area contributed by atoms with Crippen LogP contribution in [-0.4, -0.2) is 22.8 Å². The molecule has 0 fully saturated rings. The summed E-state index contributed by atoms with van der Waals surface area (Å²) >= 11 is 0. The quantitative estimate of drug-likeness (QED) is 0.333. The van der Waals surface area contributed by atoms with E-state index in [1.54, 1.807) is 0 Å². The second-order valence-electron chi connectivity index (χ2n) is 1.57. The number of hydrogen-bond acceptors (Lipinski definition) is 2. The van der Waals surface area contributed by atoms with Gasteiger partial charge in [0, 0.05) is 13.0 Å². The SMILES string of the molecule is O=C(O)CCCCO.[H-].[Na+]. The number of carbonyl (C=O) groups is 1. The summed E-state index contributed by atoms with van der Waals surface area (Å²) in [6, 6.07) is 0. The fourth-order valence-corrected chi connectivity index (χ4v) is 0.388. The van der Waals surface area contributed by atoms with Crippen molar-refractivity contribution in [1.82, 2.24) is 0 Å². The van der Waals surface area contributed by atoms with Gasteiger partial charge in [-0.05, 0) is 12.8 Å². The van der Waals surface area contributed by atoms with Gasteiger partial charge in [0.1, 0.15) is 0 Å². The van der Waals surface area contributed by atoms with E-state index in [-0.39, 0.29) is 44.0 Å². The van der Waals surface area contributed by atoms with Crippen LogP contribution >= 0.6 is 0 Å². The first-order valence-electron chi connectivity index (χ1n) is 2.60. The summed E-state index contributed by atoms with van der Waals surface area (Å²) in [7, 11) is 0. The molecular weight excluding hydrogens is 131 g/mol. The number of aliphatic hydroxyl groups excluding tert-OH is 1. The molecule has 0 bridgehead atoms. The maximum Gasteiger partial charge on any atom is 1.00 e. The molecule has 0 aromatic heterocycles. The second kappa shape index (κ2) is 8.43. The maximum atomic E-state index is 9.79. The van der Waals surface area contributed by atoms with Crippen molar-refractivity contribution in [3.8, 4) is 0 Å². The molecule has 0 atom stereocenters. The van der Waals surface area contributed by atoms with Gasteiger partial charge in [0.05, 0.1) is 0 Å². The molecule has 0 amide bonds. The second-order valence-corrected chi connectivity index (χ2v) is 1.57. The third-order valence-corrected chi connectivity index (χ3v) is 0.799. The first-order chi connectivity index (χ1) is 3.77. The van der Waals surface area contributed by atoms with Crippen molar-refractivity contribution in [2.75, 3.05) is 6.61 Å². The summed E-state index contributed by atoms with van der Waals surface area (Å²) in [6.07, 6.45) is 1.33. The van der Waals surface area contributed by atoms with Gasteiger partial charge in [0.25, 0.3) is 0 Å². The van der Waals surface area contributed by atoms with Crippen LogP contribution in [0.5, 0.6) is 0 Å². The van der Waals surface area contributed by atoms with Crippen molar-refractivity contribution in [2.45, 2.75) is 19.3 Å². The van der Waals surface area contributed by atoms with Crippen molar-refractivity contribution in [1.29, 1.82) is 0 Å². The molecule has 0 saturated heterocycles. The van der Waals surface area contributed by atoms with Gasteiger partial charge in [0.15, 0.2) is 0 Å². The van der Waals surface area contributed by atoms with Crippen molar-refractivity contribution < 1.29 is 46.0 Å². The molecule has 9 heavy (non-hydrogen) atoms. The minimum absolute atomic E-state index is 0. The van der Waals surface area contributed by atoms with Gasteiger partial charge in [-0.1, -0.05) is 0 Å². The van der Waals surface area contributed by atoms with E-state index < -0.39 is 5.97 Å². The summed E-state index contributed by atoms with van der Waals surface area (Å²) in [5, 5.41) is 16.2. The van der Waals surface area contributed by atoms with Gasteiger partial charge in [0.2, 0.25) is 0 Å². The molecule has 0 rings (SSSR count). The number of rotatable bonds is 4. The van der Waals surface area contributed by atoms with Gasteiger partial charge in [-0.2, -0.15) is 0 Å². The average molecular weight is 142 g/mol. The van der Waals surface area contributed by atoms with E-state index in [2.05, 4.69) is 0 Å². The fraction of sp³-hybridized carbons (Fsp3) is 0.800. The molecule has 0 aliphatic carbocycles. The molecule has 0 unspecified atom stereocenters. The molecule has 0 aliphatic heterocycles. The maximum absolute atomic E-state index is 9.79. The first kappa shape index (κ1) is 12.1. The van der Waals surface area contributed by atoms with E-state index in [1.807, 2.05) is 0 Å². The van der Waals surface area contributed by atoms with Gasteiger partial charge in [-0.25, -0.2) is 0 Å². The van der Waals surface area contributed by atoms with Crippen LogP contribution in [0.4, 0.5) is 0 Å². The molecule has 0 saturated carbocycles. The predicted molar refractivity (Wildman–Crippen MR) is 29.7 cm³/mol.